The summed E-state index contributed by atoms with van der Waals surface area (Å²) in [5, 5.41) is 2.48. The van der Waals surface area contributed by atoms with Crippen molar-refractivity contribution in [2.24, 2.45) is 0 Å². The molecule has 0 bridgehead atoms. The second-order valence-corrected chi connectivity index (χ2v) is 16.3. The fraction of sp³-hybridized carbons (Fsp3) is 0.0167. The van der Waals surface area contributed by atoms with E-state index in [1.807, 2.05) is 0 Å². The van der Waals surface area contributed by atoms with Crippen LogP contribution in [0.25, 0.3) is 61.0 Å². The Balaban J connectivity index is 1.08. The van der Waals surface area contributed by atoms with Crippen LogP contribution in [0.2, 0.25) is 0 Å². The van der Waals surface area contributed by atoms with Gasteiger partial charge in [0.1, 0.15) is 5.82 Å². The molecule has 63 heavy (non-hydrogen) atoms. The quantitative estimate of drug-likeness (QED) is 0.160. The van der Waals surface area contributed by atoms with Crippen molar-refractivity contribution in [2.45, 2.75) is 5.41 Å². The van der Waals surface area contributed by atoms with Gasteiger partial charge in [-0.25, -0.2) is 4.98 Å². The Kier molecular flexibility index (Phi) is 8.72. The normalized spacial score (nSPS) is 12.9. The molecule has 296 valence electrons. The highest BCUT2D eigenvalue weighted by atomic mass is 15.2. The molecule has 0 unspecified atom stereocenters. The van der Waals surface area contributed by atoms with Crippen LogP contribution in [-0.4, -0.2) is 9.55 Å². The molecule has 0 aliphatic carbocycles. The van der Waals surface area contributed by atoms with Crippen molar-refractivity contribution in [3.05, 3.63) is 271 Å². The van der Waals surface area contributed by atoms with Gasteiger partial charge < -0.3 is 4.57 Å². The van der Waals surface area contributed by atoms with Crippen LogP contribution >= 0.6 is 0 Å². The number of para-hydroxylation sites is 4. The summed E-state index contributed by atoms with van der Waals surface area (Å²) in [6, 6.07) is 90.2. The van der Waals surface area contributed by atoms with Gasteiger partial charge in [0.25, 0.3) is 0 Å². The van der Waals surface area contributed by atoms with E-state index in [1.54, 1.807) is 0 Å². The van der Waals surface area contributed by atoms with E-state index >= 15 is 0 Å². The largest absolute Gasteiger partial charge is 0.309 e. The average Bonchev–Trinajstić information content (AvgIpc) is 3.70. The van der Waals surface area contributed by atoms with Crippen molar-refractivity contribution in [1.29, 1.82) is 0 Å². The SMILES string of the molecule is c1ccc(-c2cc(-c3ccccc3)nc(N3c4ccccc4C(c4ccccc4)(c4cccc(-c5ccc6c(c5)c5ccccc5n6-c5ccccc5)c4)c4ccccc43)c2)cc1. The Morgan fingerprint density at radius 2 is 0.873 bits per heavy atom. The summed E-state index contributed by atoms with van der Waals surface area (Å²) in [4.78, 5) is 7.87. The molecule has 1 aliphatic heterocycles. The van der Waals surface area contributed by atoms with Gasteiger partial charge in [0.05, 0.1) is 33.5 Å². The number of rotatable bonds is 7. The highest BCUT2D eigenvalue weighted by Crippen LogP contribution is 2.58. The highest BCUT2D eigenvalue weighted by Gasteiger charge is 2.46. The van der Waals surface area contributed by atoms with Crippen LogP contribution in [0.15, 0.2) is 249 Å². The van der Waals surface area contributed by atoms with E-state index in [4.69, 9.17) is 4.98 Å². The maximum Gasteiger partial charge on any atom is 0.138 e. The molecule has 12 rings (SSSR count). The van der Waals surface area contributed by atoms with E-state index < -0.39 is 5.41 Å². The fourth-order valence-corrected chi connectivity index (χ4v) is 10.1. The van der Waals surface area contributed by atoms with Crippen molar-refractivity contribution < 1.29 is 0 Å². The second kappa shape index (κ2) is 15.0. The number of benzene rings is 9. The Labute approximate surface area is 367 Å². The molecule has 0 amide bonds. The Morgan fingerprint density at radius 3 is 1.59 bits per heavy atom. The molecule has 3 heterocycles. The minimum Gasteiger partial charge on any atom is -0.309 e. The van der Waals surface area contributed by atoms with Crippen molar-refractivity contribution >= 4 is 39.0 Å². The van der Waals surface area contributed by atoms with E-state index in [0.717, 1.165) is 45.3 Å². The maximum absolute atomic E-state index is 5.49. The first-order chi connectivity index (χ1) is 31.3. The molecule has 0 atom stereocenters. The number of pyridine rings is 1. The van der Waals surface area contributed by atoms with Crippen LogP contribution in [-0.2, 0) is 5.41 Å². The van der Waals surface area contributed by atoms with Gasteiger partial charge in [-0.05, 0) is 105 Å². The van der Waals surface area contributed by atoms with Crippen molar-refractivity contribution in [2.75, 3.05) is 4.90 Å². The fourth-order valence-electron chi connectivity index (χ4n) is 10.1. The topological polar surface area (TPSA) is 21.1 Å². The number of anilines is 3. The third-order valence-electron chi connectivity index (χ3n) is 12.8. The zero-order chi connectivity index (χ0) is 41.7. The van der Waals surface area contributed by atoms with E-state index in [2.05, 4.69) is 258 Å². The minimum atomic E-state index is -0.659. The molecule has 0 spiro atoms. The van der Waals surface area contributed by atoms with Gasteiger partial charge in [-0.1, -0.05) is 188 Å². The number of hydrogen-bond acceptors (Lipinski definition) is 2. The Morgan fingerprint density at radius 1 is 0.333 bits per heavy atom. The molecule has 2 aromatic heterocycles. The third kappa shape index (κ3) is 5.93. The van der Waals surface area contributed by atoms with Gasteiger partial charge >= 0.3 is 0 Å². The highest BCUT2D eigenvalue weighted by molar-refractivity contribution is 6.10. The summed E-state index contributed by atoms with van der Waals surface area (Å²) < 4.78 is 2.38. The number of aromatic nitrogens is 2. The summed E-state index contributed by atoms with van der Waals surface area (Å²) in [5.41, 5.74) is 16.5. The maximum atomic E-state index is 5.49. The van der Waals surface area contributed by atoms with Gasteiger partial charge in [0, 0.05) is 22.0 Å². The first-order valence-corrected chi connectivity index (χ1v) is 21.6. The molecule has 9 aromatic carbocycles. The molecule has 0 saturated carbocycles. The van der Waals surface area contributed by atoms with Gasteiger partial charge in [0.15, 0.2) is 0 Å². The number of fused-ring (bicyclic) bond motifs is 5. The number of nitrogens with zero attached hydrogens (tertiary/aromatic N) is 3. The van der Waals surface area contributed by atoms with Crippen LogP contribution in [0.5, 0.6) is 0 Å². The lowest BCUT2D eigenvalue weighted by Crippen LogP contribution is -2.38. The van der Waals surface area contributed by atoms with Crippen LogP contribution < -0.4 is 4.90 Å². The van der Waals surface area contributed by atoms with Gasteiger partial charge in [-0.3, -0.25) is 4.90 Å². The summed E-state index contributed by atoms with van der Waals surface area (Å²) in [7, 11) is 0. The Bertz CT molecular complexity index is 3340. The lowest BCUT2D eigenvalue weighted by Gasteiger charge is -2.46. The van der Waals surface area contributed by atoms with Crippen LogP contribution in [0.1, 0.15) is 22.3 Å². The zero-order valence-electron chi connectivity index (χ0n) is 34.5. The van der Waals surface area contributed by atoms with E-state index in [-0.39, 0.29) is 0 Å². The van der Waals surface area contributed by atoms with E-state index in [9.17, 15) is 0 Å². The predicted molar refractivity (Wildman–Crippen MR) is 261 cm³/mol. The molecule has 0 N–H and O–H groups in total. The lowest BCUT2D eigenvalue weighted by molar-refractivity contribution is 0.730. The van der Waals surface area contributed by atoms with E-state index in [1.165, 1.54) is 55.2 Å². The summed E-state index contributed by atoms with van der Waals surface area (Å²) in [6.07, 6.45) is 0. The average molecular weight is 804 g/mol. The van der Waals surface area contributed by atoms with Crippen LogP contribution in [0.4, 0.5) is 17.2 Å². The molecule has 0 fully saturated rings. The summed E-state index contributed by atoms with van der Waals surface area (Å²) >= 11 is 0. The Hall–Kier alpha value is -8.27. The number of hydrogen-bond donors (Lipinski definition) is 0. The molecule has 0 saturated heterocycles. The van der Waals surface area contributed by atoms with Crippen LogP contribution in [0, 0.1) is 0 Å². The molecule has 0 radical (unpaired) electrons. The first kappa shape index (κ1) is 36.6. The summed E-state index contributed by atoms with van der Waals surface area (Å²) in [5.74, 6) is 0.869. The van der Waals surface area contributed by atoms with Crippen molar-refractivity contribution in [3.8, 4) is 39.2 Å². The molecule has 1 aliphatic rings. The summed E-state index contributed by atoms with van der Waals surface area (Å²) in [6.45, 7) is 0. The molecular weight excluding hydrogens is 763 g/mol. The first-order valence-electron chi connectivity index (χ1n) is 21.6. The molecule has 11 aromatic rings. The smallest absolute Gasteiger partial charge is 0.138 e. The van der Waals surface area contributed by atoms with Gasteiger partial charge in [-0.2, -0.15) is 0 Å². The zero-order valence-corrected chi connectivity index (χ0v) is 34.5. The standard InChI is InChI=1S/C60H41N3/c1-5-20-42(21-6-1)46-40-54(43-22-7-2-8-23-43)61-59(41-46)63-57-34-17-14-31-52(57)60(47-25-9-3-10-26-47,53-32-15-18-35-58(53)63)48-27-19-24-44(38-48)45-36-37-56-51(39-45)50-30-13-16-33-55(50)62(56)49-28-11-4-12-29-49/h1-41H. The van der Waals surface area contributed by atoms with Crippen LogP contribution in [0.3, 0.4) is 0 Å². The molecule has 3 heteroatoms. The van der Waals surface area contributed by atoms with Gasteiger partial charge in [-0.15, -0.1) is 0 Å². The second-order valence-electron chi connectivity index (χ2n) is 16.3. The molecular formula is C60H41N3. The van der Waals surface area contributed by atoms with Gasteiger partial charge in [0.2, 0.25) is 0 Å². The predicted octanol–water partition coefficient (Wildman–Crippen LogP) is 15.3. The molecule has 3 nitrogen and oxygen atoms in total. The van der Waals surface area contributed by atoms with Crippen molar-refractivity contribution in [3.63, 3.8) is 0 Å². The third-order valence-corrected chi connectivity index (χ3v) is 12.8. The van der Waals surface area contributed by atoms with Crippen molar-refractivity contribution in [1.82, 2.24) is 9.55 Å². The monoisotopic (exact) mass is 803 g/mol. The minimum absolute atomic E-state index is 0.659. The van der Waals surface area contributed by atoms with E-state index in [0.29, 0.717) is 0 Å². The lowest BCUT2D eigenvalue weighted by atomic mass is 9.62.